The predicted molar refractivity (Wildman–Crippen MR) is 142 cm³/mol. The van der Waals surface area contributed by atoms with Crippen molar-refractivity contribution in [1.29, 1.82) is 0 Å². The molecule has 1 aromatic carbocycles. The number of ether oxygens (including phenoxy) is 3. The third-order valence-electron chi connectivity index (χ3n) is 8.04. The summed E-state index contributed by atoms with van der Waals surface area (Å²) in [7, 11) is 1.54. The Morgan fingerprint density at radius 2 is 1.67 bits per heavy atom. The van der Waals surface area contributed by atoms with Crippen molar-refractivity contribution in [3.05, 3.63) is 35.9 Å². The lowest BCUT2D eigenvalue weighted by Crippen LogP contribution is -2.45. The summed E-state index contributed by atoms with van der Waals surface area (Å²) >= 11 is 0. The highest BCUT2D eigenvalue weighted by molar-refractivity contribution is 6.02. The van der Waals surface area contributed by atoms with Crippen LogP contribution in [-0.4, -0.2) is 54.3 Å². The van der Waals surface area contributed by atoms with Gasteiger partial charge in [0.15, 0.2) is 5.84 Å². The molecule has 2 aliphatic rings. The second-order valence-corrected chi connectivity index (χ2v) is 11.4. The minimum atomic E-state index is -1.37. The number of hydrogen-bond acceptors (Lipinski definition) is 9. The summed E-state index contributed by atoms with van der Waals surface area (Å²) in [4.78, 5) is 57.8. The zero-order chi connectivity index (χ0) is 29.0. The van der Waals surface area contributed by atoms with Crippen LogP contribution in [-0.2, 0) is 44.8 Å². The number of nitrogens with two attached hydrogens (primary N) is 1. The second kappa shape index (κ2) is 12.3. The van der Waals surface area contributed by atoms with E-state index in [1.165, 1.54) is 6.92 Å². The van der Waals surface area contributed by atoms with Crippen LogP contribution < -0.4 is 5.73 Å². The molecule has 1 aromatic rings. The predicted octanol–water partition coefficient (Wildman–Crippen LogP) is 3.20. The van der Waals surface area contributed by atoms with Gasteiger partial charge in [0.25, 0.3) is 0 Å². The van der Waals surface area contributed by atoms with Gasteiger partial charge in [0.2, 0.25) is 0 Å². The normalized spacial score (nSPS) is 35.0. The molecule has 10 nitrogen and oxygen atoms in total. The van der Waals surface area contributed by atoms with E-state index in [4.69, 9.17) is 24.8 Å². The highest BCUT2D eigenvalue weighted by atomic mass is 16.6. The first kappa shape index (κ1) is 30.3. The van der Waals surface area contributed by atoms with E-state index in [0.29, 0.717) is 12.8 Å². The second-order valence-electron chi connectivity index (χ2n) is 11.4. The summed E-state index contributed by atoms with van der Waals surface area (Å²) < 4.78 is 16.9. The zero-order valence-corrected chi connectivity index (χ0v) is 23.6. The molecule has 2 heterocycles. The molecule has 2 fully saturated rings. The Kier molecular flexibility index (Phi) is 9.53. The lowest BCUT2D eigenvalue weighted by molar-refractivity contribution is -0.168. The largest absolute Gasteiger partial charge is 0.461 e. The van der Waals surface area contributed by atoms with Crippen molar-refractivity contribution in [1.82, 2.24) is 0 Å². The van der Waals surface area contributed by atoms with Crippen molar-refractivity contribution < 1.29 is 38.2 Å². The van der Waals surface area contributed by atoms with Gasteiger partial charge in [-0.15, -0.1) is 0 Å². The first-order chi connectivity index (χ1) is 18.3. The maximum Gasteiger partial charge on any atom is 0.317 e. The molecule has 0 radical (unpaired) electrons. The molecule has 2 aliphatic heterocycles. The molecule has 2 saturated heterocycles. The summed E-state index contributed by atoms with van der Waals surface area (Å²) in [6.45, 7) is 8.29. The van der Waals surface area contributed by atoms with E-state index < -0.39 is 52.7 Å². The molecular formula is C29H40N2O8. The van der Waals surface area contributed by atoms with Gasteiger partial charge in [-0.25, -0.2) is 0 Å². The van der Waals surface area contributed by atoms with E-state index in [-0.39, 0.29) is 37.0 Å². The number of methoxy groups -OCH3 is 1. The van der Waals surface area contributed by atoms with Crippen molar-refractivity contribution in [3.63, 3.8) is 0 Å². The summed E-state index contributed by atoms with van der Waals surface area (Å²) in [5, 5.41) is 3.97. The number of benzene rings is 1. The van der Waals surface area contributed by atoms with Crippen LogP contribution in [0.15, 0.2) is 35.5 Å². The van der Waals surface area contributed by atoms with Gasteiger partial charge in [0, 0.05) is 31.3 Å². The SMILES string of the molecule is CO[C@@]1(C)CC(C)C(=O)C(C)C(=O)OCC2(C)OC(=O)C(/C(N)=N/OCc3ccccc3)C2CC(=O)[C@H](C)C1. The Morgan fingerprint density at radius 1 is 1.03 bits per heavy atom. The summed E-state index contributed by atoms with van der Waals surface area (Å²) in [5.74, 6) is -5.78. The number of oxime groups is 1. The number of hydrogen-bond donors (Lipinski definition) is 1. The Labute approximate surface area is 229 Å². The number of amidine groups is 1. The highest BCUT2D eigenvalue weighted by Gasteiger charge is 2.56. The van der Waals surface area contributed by atoms with Gasteiger partial charge < -0.3 is 24.8 Å². The van der Waals surface area contributed by atoms with E-state index in [1.54, 1.807) is 27.9 Å². The van der Waals surface area contributed by atoms with Crippen LogP contribution in [0.5, 0.6) is 0 Å². The van der Waals surface area contributed by atoms with Gasteiger partial charge in [0.1, 0.15) is 42.2 Å². The van der Waals surface area contributed by atoms with Crippen LogP contribution in [0.4, 0.5) is 0 Å². The number of esters is 2. The van der Waals surface area contributed by atoms with Gasteiger partial charge in [-0.1, -0.05) is 49.3 Å². The molecule has 0 aliphatic carbocycles. The van der Waals surface area contributed by atoms with Gasteiger partial charge in [-0.2, -0.15) is 0 Å². The quantitative estimate of drug-likeness (QED) is 0.194. The molecule has 0 aromatic heterocycles. The van der Waals surface area contributed by atoms with E-state index in [9.17, 15) is 19.2 Å². The van der Waals surface area contributed by atoms with Crippen molar-refractivity contribution in [3.8, 4) is 0 Å². The number of Topliss-reactive ketones (excluding diaryl/α,β-unsaturated/α-hetero) is 2. The maximum atomic E-state index is 13.5. The van der Waals surface area contributed by atoms with E-state index in [1.807, 2.05) is 37.3 Å². The van der Waals surface area contributed by atoms with Gasteiger partial charge >= 0.3 is 11.9 Å². The lowest BCUT2D eigenvalue weighted by atomic mass is 9.75. The van der Waals surface area contributed by atoms with E-state index in [2.05, 4.69) is 5.16 Å². The lowest BCUT2D eigenvalue weighted by Gasteiger charge is -2.35. The average molecular weight is 545 g/mol. The molecule has 214 valence electrons. The monoisotopic (exact) mass is 544 g/mol. The molecule has 5 unspecified atom stereocenters. The number of nitrogens with zero attached hydrogens (tertiary/aromatic N) is 1. The third kappa shape index (κ3) is 7.03. The molecular weight excluding hydrogens is 504 g/mol. The Bertz CT molecular complexity index is 1110. The highest BCUT2D eigenvalue weighted by Crippen LogP contribution is 2.42. The van der Waals surface area contributed by atoms with Gasteiger partial charge in [-0.05, 0) is 39.2 Å². The number of carbonyl (C=O) groups is 4. The standard InChI is InChI=1S/C29H40N2O8/c1-17-13-28(4,36-6)14-18(2)24(33)19(3)26(34)37-16-29(5)21(12-22(17)32)23(27(35)39-29)25(30)31-38-15-20-10-8-7-9-11-20/h7-11,17-19,21,23H,12-16H2,1-6H3,(H2,30,31)/t17-,18?,19?,21?,23?,28-,29?/m1/s1. The fourth-order valence-corrected chi connectivity index (χ4v) is 5.56. The van der Waals surface area contributed by atoms with Crippen LogP contribution in [0, 0.1) is 29.6 Å². The minimum Gasteiger partial charge on any atom is -0.461 e. The van der Waals surface area contributed by atoms with E-state index in [0.717, 1.165) is 5.56 Å². The topological polar surface area (TPSA) is 144 Å². The molecule has 3 rings (SSSR count). The van der Waals surface area contributed by atoms with Crippen LogP contribution in [0.25, 0.3) is 0 Å². The van der Waals surface area contributed by atoms with Gasteiger partial charge in [-0.3, -0.25) is 19.2 Å². The molecule has 7 atom stereocenters. The van der Waals surface area contributed by atoms with Crippen LogP contribution in [0.3, 0.4) is 0 Å². The summed E-state index contributed by atoms with van der Waals surface area (Å²) in [6.07, 6.45) is 0.622. The number of carbonyl (C=O) groups excluding carboxylic acids is 4. The first-order valence-corrected chi connectivity index (χ1v) is 13.3. The zero-order valence-electron chi connectivity index (χ0n) is 23.6. The number of ketones is 2. The van der Waals surface area contributed by atoms with Crippen molar-refractivity contribution in [2.24, 2.45) is 40.5 Å². The Morgan fingerprint density at radius 3 is 2.31 bits per heavy atom. The molecule has 0 spiro atoms. The van der Waals surface area contributed by atoms with Crippen molar-refractivity contribution in [2.45, 2.75) is 71.7 Å². The molecule has 2 N–H and O–H groups in total. The first-order valence-electron chi connectivity index (χ1n) is 13.3. The fraction of sp³-hybridized carbons (Fsp3) is 0.621. The van der Waals surface area contributed by atoms with Crippen molar-refractivity contribution >= 4 is 29.3 Å². The van der Waals surface area contributed by atoms with Gasteiger partial charge in [0.05, 0.1) is 5.60 Å². The number of cyclic esters (lactones) is 1. The maximum absolute atomic E-state index is 13.5. The smallest absolute Gasteiger partial charge is 0.317 e. The fourth-order valence-electron chi connectivity index (χ4n) is 5.56. The Balaban J connectivity index is 1.92. The third-order valence-corrected chi connectivity index (χ3v) is 8.04. The van der Waals surface area contributed by atoms with E-state index >= 15 is 0 Å². The average Bonchev–Trinajstić information content (AvgIpc) is 3.15. The number of rotatable bonds is 5. The molecule has 10 heteroatoms. The molecule has 0 amide bonds. The van der Waals surface area contributed by atoms with Crippen LogP contribution in [0.2, 0.25) is 0 Å². The Hall–Kier alpha value is -3.27. The van der Waals surface area contributed by atoms with Crippen LogP contribution in [0.1, 0.15) is 59.4 Å². The molecule has 39 heavy (non-hydrogen) atoms. The van der Waals surface area contributed by atoms with Crippen molar-refractivity contribution in [2.75, 3.05) is 13.7 Å². The summed E-state index contributed by atoms with van der Waals surface area (Å²) in [6, 6.07) is 9.32. The van der Waals surface area contributed by atoms with Crippen LogP contribution >= 0.6 is 0 Å². The summed E-state index contributed by atoms with van der Waals surface area (Å²) in [5.41, 5.74) is 4.94. The molecule has 0 bridgehead atoms. The number of fused-ring (bicyclic) bond motifs is 1. The molecule has 0 saturated carbocycles. The minimum absolute atomic E-state index is 0.0651.